The van der Waals surface area contributed by atoms with Gasteiger partial charge in [-0.25, -0.2) is 0 Å². The molecular weight excluding hydrogens is 148 g/mol. The predicted molar refractivity (Wildman–Crippen MR) is 55.3 cm³/mol. The van der Waals surface area contributed by atoms with E-state index >= 15 is 0 Å². The second-order valence-corrected chi connectivity index (χ2v) is 4.16. The maximum atomic E-state index is 5.79. The number of hydrogen-bond acceptors (Lipinski definition) is 2. The standard InChI is InChI=1S/C10H24N2/c1-6-7-10(4,8-11)12(5)9(2)3/h9H,6-8,11H2,1-5H3. The van der Waals surface area contributed by atoms with Crippen LogP contribution in [-0.2, 0) is 0 Å². The lowest BCUT2D eigenvalue weighted by atomic mass is 9.93. The topological polar surface area (TPSA) is 29.3 Å². The van der Waals surface area contributed by atoms with Gasteiger partial charge < -0.3 is 5.73 Å². The Hall–Kier alpha value is -0.0800. The first kappa shape index (κ1) is 11.9. The van der Waals surface area contributed by atoms with E-state index in [1.807, 2.05) is 0 Å². The van der Waals surface area contributed by atoms with Crippen molar-refractivity contribution in [3.05, 3.63) is 0 Å². The van der Waals surface area contributed by atoms with Crippen LogP contribution in [0.1, 0.15) is 40.5 Å². The van der Waals surface area contributed by atoms with E-state index in [1.165, 1.54) is 12.8 Å². The fraction of sp³-hybridized carbons (Fsp3) is 1.00. The van der Waals surface area contributed by atoms with Crippen molar-refractivity contribution in [3.8, 4) is 0 Å². The summed E-state index contributed by atoms with van der Waals surface area (Å²) in [6.07, 6.45) is 2.38. The molecule has 0 spiro atoms. The molecule has 0 saturated carbocycles. The van der Waals surface area contributed by atoms with Gasteiger partial charge in [-0.2, -0.15) is 0 Å². The van der Waals surface area contributed by atoms with Gasteiger partial charge in [0.15, 0.2) is 0 Å². The van der Waals surface area contributed by atoms with Gasteiger partial charge in [0, 0.05) is 18.1 Å². The van der Waals surface area contributed by atoms with Crippen molar-refractivity contribution in [1.82, 2.24) is 4.90 Å². The zero-order valence-electron chi connectivity index (χ0n) is 9.22. The van der Waals surface area contributed by atoms with Crippen LogP contribution in [0.3, 0.4) is 0 Å². The summed E-state index contributed by atoms with van der Waals surface area (Å²) in [4.78, 5) is 2.37. The average molecular weight is 172 g/mol. The first-order valence-electron chi connectivity index (χ1n) is 4.91. The van der Waals surface area contributed by atoms with Gasteiger partial charge in [0.2, 0.25) is 0 Å². The third-order valence-electron chi connectivity index (χ3n) is 2.85. The van der Waals surface area contributed by atoms with Gasteiger partial charge in [-0.3, -0.25) is 4.90 Å². The van der Waals surface area contributed by atoms with Crippen molar-refractivity contribution in [3.63, 3.8) is 0 Å². The molecule has 0 aromatic heterocycles. The highest BCUT2D eigenvalue weighted by atomic mass is 15.2. The van der Waals surface area contributed by atoms with Crippen LogP contribution in [0, 0.1) is 0 Å². The van der Waals surface area contributed by atoms with E-state index in [0.29, 0.717) is 6.04 Å². The molecule has 0 aliphatic rings. The number of hydrogen-bond donors (Lipinski definition) is 1. The molecule has 0 heterocycles. The summed E-state index contributed by atoms with van der Waals surface area (Å²) in [5.74, 6) is 0. The van der Waals surface area contributed by atoms with Crippen molar-refractivity contribution in [2.75, 3.05) is 13.6 Å². The molecule has 0 aliphatic heterocycles. The summed E-state index contributed by atoms with van der Waals surface area (Å²) in [6, 6.07) is 0.574. The van der Waals surface area contributed by atoms with Gasteiger partial charge in [-0.15, -0.1) is 0 Å². The summed E-state index contributed by atoms with van der Waals surface area (Å²) in [5, 5.41) is 0. The molecule has 12 heavy (non-hydrogen) atoms. The van der Waals surface area contributed by atoms with Crippen molar-refractivity contribution in [2.45, 2.75) is 52.1 Å². The van der Waals surface area contributed by atoms with E-state index in [0.717, 1.165) is 6.54 Å². The van der Waals surface area contributed by atoms with E-state index in [1.54, 1.807) is 0 Å². The molecule has 74 valence electrons. The molecule has 0 aromatic rings. The Bertz CT molecular complexity index is 123. The minimum atomic E-state index is 0.183. The van der Waals surface area contributed by atoms with Crippen LogP contribution in [0.25, 0.3) is 0 Å². The first-order valence-corrected chi connectivity index (χ1v) is 4.91. The summed E-state index contributed by atoms with van der Waals surface area (Å²) in [5.41, 5.74) is 5.97. The monoisotopic (exact) mass is 172 g/mol. The average Bonchev–Trinajstić information content (AvgIpc) is 2.03. The van der Waals surface area contributed by atoms with Crippen LogP contribution >= 0.6 is 0 Å². The normalized spacial score (nSPS) is 17.0. The van der Waals surface area contributed by atoms with E-state index in [9.17, 15) is 0 Å². The zero-order valence-corrected chi connectivity index (χ0v) is 9.22. The van der Waals surface area contributed by atoms with Gasteiger partial charge in [0.1, 0.15) is 0 Å². The van der Waals surface area contributed by atoms with Crippen LogP contribution in [0.5, 0.6) is 0 Å². The van der Waals surface area contributed by atoms with E-state index in [4.69, 9.17) is 5.73 Å². The second kappa shape index (κ2) is 4.83. The quantitative estimate of drug-likeness (QED) is 0.685. The fourth-order valence-electron chi connectivity index (χ4n) is 1.58. The highest BCUT2D eigenvalue weighted by Gasteiger charge is 2.27. The van der Waals surface area contributed by atoms with Crippen molar-refractivity contribution < 1.29 is 0 Å². The van der Waals surface area contributed by atoms with Gasteiger partial charge in [0.25, 0.3) is 0 Å². The van der Waals surface area contributed by atoms with Gasteiger partial charge in [0.05, 0.1) is 0 Å². The third kappa shape index (κ3) is 2.76. The Morgan fingerprint density at radius 3 is 2.17 bits per heavy atom. The minimum absolute atomic E-state index is 0.183. The molecular formula is C10H24N2. The third-order valence-corrected chi connectivity index (χ3v) is 2.85. The molecule has 0 amide bonds. The Balaban J connectivity index is 4.28. The Kier molecular flexibility index (Phi) is 4.80. The van der Waals surface area contributed by atoms with Gasteiger partial charge in [-0.1, -0.05) is 13.3 Å². The van der Waals surface area contributed by atoms with Crippen LogP contribution < -0.4 is 5.73 Å². The van der Waals surface area contributed by atoms with Crippen molar-refractivity contribution >= 4 is 0 Å². The maximum Gasteiger partial charge on any atom is 0.0303 e. The largest absolute Gasteiger partial charge is 0.329 e. The minimum Gasteiger partial charge on any atom is -0.329 e. The summed E-state index contributed by atoms with van der Waals surface area (Å²) in [7, 11) is 2.16. The molecule has 0 saturated heterocycles. The summed E-state index contributed by atoms with van der Waals surface area (Å²) >= 11 is 0. The number of nitrogens with zero attached hydrogens (tertiary/aromatic N) is 1. The summed E-state index contributed by atoms with van der Waals surface area (Å²) < 4.78 is 0. The van der Waals surface area contributed by atoms with Gasteiger partial charge in [-0.05, 0) is 34.2 Å². The number of rotatable bonds is 5. The molecule has 0 bridgehead atoms. The summed E-state index contributed by atoms with van der Waals surface area (Å²) in [6.45, 7) is 9.63. The van der Waals surface area contributed by atoms with E-state index < -0.39 is 0 Å². The molecule has 0 fully saturated rings. The SMILES string of the molecule is CCCC(C)(CN)N(C)C(C)C. The highest BCUT2D eigenvalue weighted by Crippen LogP contribution is 2.20. The number of likely N-dealkylation sites (N-methyl/N-ethyl adjacent to an activating group) is 1. The lowest BCUT2D eigenvalue weighted by Gasteiger charge is -2.40. The van der Waals surface area contributed by atoms with Crippen molar-refractivity contribution in [1.29, 1.82) is 0 Å². The molecule has 1 atom stereocenters. The molecule has 0 aromatic carbocycles. The molecule has 1 unspecified atom stereocenters. The maximum absolute atomic E-state index is 5.79. The molecule has 2 nitrogen and oxygen atoms in total. The van der Waals surface area contributed by atoms with Gasteiger partial charge >= 0.3 is 0 Å². The Morgan fingerprint density at radius 2 is 1.92 bits per heavy atom. The lowest BCUT2D eigenvalue weighted by molar-refractivity contribution is 0.0993. The lowest BCUT2D eigenvalue weighted by Crippen LogP contribution is -2.52. The number of nitrogens with two attached hydrogens (primary N) is 1. The molecule has 0 rings (SSSR count). The van der Waals surface area contributed by atoms with Crippen LogP contribution in [-0.4, -0.2) is 30.1 Å². The first-order chi connectivity index (χ1) is 5.48. The van der Waals surface area contributed by atoms with E-state index in [2.05, 4.69) is 39.6 Å². The van der Waals surface area contributed by atoms with Crippen molar-refractivity contribution in [2.24, 2.45) is 5.73 Å². The van der Waals surface area contributed by atoms with Crippen LogP contribution in [0.15, 0.2) is 0 Å². The highest BCUT2D eigenvalue weighted by molar-refractivity contribution is 4.86. The predicted octanol–water partition coefficient (Wildman–Crippen LogP) is 1.84. The van der Waals surface area contributed by atoms with Crippen LogP contribution in [0.4, 0.5) is 0 Å². The zero-order chi connectivity index (χ0) is 9.78. The molecule has 0 radical (unpaired) electrons. The molecule has 0 aliphatic carbocycles. The van der Waals surface area contributed by atoms with E-state index in [-0.39, 0.29) is 5.54 Å². The smallest absolute Gasteiger partial charge is 0.0303 e. The Labute approximate surface area is 77.1 Å². The Morgan fingerprint density at radius 1 is 1.42 bits per heavy atom. The second-order valence-electron chi connectivity index (χ2n) is 4.16. The van der Waals surface area contributed by atoms with Crippen LogP contribution in [0.2, 0.25) is 0 Å². The molecule has 2 heteroatoms. The molecule has 2 N–H and O–H groups in total. The fourth-order valence-corrected chi connectivity index (χ4v) is 1.58.